The lowest BCUT2D eigenvalue weighted by molar-refractivity contribution is -0.143. The first-order chi connectivity index (χ1) is 20.0. The monoisotopic (exact) mass is 604 g/mol. The minimum absolute atomic E-state index is 0. The minimum atomic E-state index is -0.768. The van der Waals surface area contributed by atoms with E-state index in [0.717, 1.165) is 22.4 Å². The summed E-state index contributed by atoms with van der Waals surface area (Å²) in [5.74, 6) is 0.579. The van der Waals surface area contributed by atoms with Crippen LogP contribution in [0.25, 0.3) is 6.08 Å². The van der Waals surface area contributed by atoms with Gasteiger partial charge in [-0.3, -0.25) is 14.4 Å². The Morgan fingerprint density at radius 3 is 2.16 bits per heavy atom. The second-order valence-corrected chi connectivity index (χ2v) is 9.30. The normalized spacial score (nSPS) is 10.7. The van der Waals surface area contributed by atoms with Crippen molar-refractivity contribution in [3.63, 3.8) is 0 Å². The summed E-state index contributed by atoms with van der Waals surface area (Å²) in [6.07, 6.45) is 4.96. The Kier molecular flexibility index (Phi) is 19.8. The van der Waals surface area contributed by atoms with E-state index in [-0.39, 0.29) is 42.5 Å². The van der Waals surface area contributed by atoms with E-state index >= 15 is 0 Å². The van der Waals surface area contributed by atoms with Crippen molar-refractivity contribution in [2.24, 2.45) is 0 Å². The van der Waals surface area contributed by atoms with Crippen LogP contribution in [0.4, 0.5) is 0 Å². The fourth-order valence-corrected chi connectivity index (χ4v) is 4.01. The standard InChI is InChI=1S/C33H38N2O6.2CH4.B.H2/c1-3-40-32(37)10-7-23-41-29-18-13-27(14-19-29)24-30(35-31(36)20-15-25-8-5-4-6-9-25)33(38)34-22-21-26-11-16-28(39-2)17-12-26;;;;/h4-6,8-9,11-20,30H,3,7,10,21-24H2,1-2H3,(H,34,38)(H,35,36);2*1H4;;1H/b20-15+;;;;/t30-;;;;/m0..../s1/i;;;;1+1. The van der Waals surface area contributed by atoms with Gasteiger partial charge in [-0.15, -0.1) is 0 Å². The van der Waals surface area contributed by atoms with Crippen molar-refractivity contribution in [1.82, 2.24) is 10.6 Å². The maximum atomic E-state index is 13.2. The van der Waals surface area contributed by atoms with Crippen LogP contribution in [-0.2, 0) is 32.0 Å². The summed E-state index contributed by atoms with van der Waals surface area (Å²) in [7, 11) is 1.62. The summed E-state index contributed by atoms with van der Waals surface area (Å²) in [5, 5.41) is 5.80. The summed E-state index contributed by atoms with van der Waals surface area (Å²) in [6, 6.07) is 23.8. The molecule has 1 atom stereocenters. The third-order valence-electron chi connectivity index (χ3n) is 6.19. The van der Waals surface area contributed by atoms with E-state index in [1.54, 1.807) is 20.1 Å². The number of carbonyl (C=O) groups excluding carboxylic acids is 3. The summed E-state index contributed by atoms with van der Waals surface area (Å²) in [5.41, 5.74) is 2.82. The highest BCUT2D eigenvalue weighted by molar-refractivity contribution is 5.95. The van der Waals surface area contributed by atoms with Gasteiger partial charge in [-0.1, -0.05) is 69.5 Å². The van der Waals surface area contributed by atoms with E-state index in [0.29, 0.717) is 51.2 Å². The SMILES string of the molecule is C.C.CCOC(=O)CCCOc1ccc(C[C@H](NC(=O)/C=C/c2ccccc2)C(=O)NCCc2ccc(OC)cc2)cc1.[2HH].[B]. The van der Waals surface area contributed by atoms with Gasteiger partial charge in [0.15, 0.2) is 0 Å². The van der Waals surface area contributed by atoms with Gasteiger partial charge >= 0.3 is 5.97 Å². The highest BCUT2D eigenvalue weighted by Gasteiger charge is 2.20. The van der Waals surface area contributed by atoms with Gasteiger partial charge in [0.1, 0.15) is 17.5 Å². The number of hydrogen-bond acceptors (Lipinski definition) is 6. The van der Waals surface area contributed by atoms with Crippen molar-refractivity contribution in [2.45, 2.75) is 53.5 Å². The fourth-order valence-electron chi connectivity index (χ4n) is 4.01. The number of ether oxygens (including phenoxy) is 3. The van der Waals surface area contributed by atoms with Gasteiger partial charge < -0.3 is 24.8 Å². The van der Waals surface area contributed by atoms with Gasteiger partial charge in [-0.2, -0.15) is 0 Å². The molecule has 8 nitrogen and oxygen atoms in total. The van der Waals surface area contributed by atoms with Crippen LogP contribution in [0, 0.1) is 0 Å². The Hall–Kier alpha value is -4.53. The molecule has 2 N–H and O–H groups in total. The third-order valence-corrected chi connectivity index (χ3v) is 6.19. The molecule has 0 bridgehead atoms. The molecule has 3 radical (unpaired) electrons. The number of rotatable bonds is 16. The van der Waals surface area contributed by atoms with Crippen LogP contribution in [0.5, 0.6) is 11.5 Å². The average Bonchev–Trinajstić information content (AvgIpc) is 2.99. The number of methoxy groups -OCH3 is 1. The molecule has 237 valence electrons. The van der Waals surface area contributed by atoms with Crippen LogP contribution in [0.1, 0.15) is 52.7 Å². The summed E-state index contributed by atoms with van der Waals surface area (Å²) >= 11 is 0. The highest BCUT2D eigenvalue weighted by Crippen LogP contribution is 2.15. The number of amides is 2. The zero-order chi connectivity index (χ0) is 29.3. The topological polar surface area (TPSA) is 103 Å². The summed E-state index contributed by atoms with van der Waals surface area (Å²) < 4.78 is 15.8. The second-order valence-electron chi connectivity index (χ2n) is 9.30. The van der Waals surface area contributed by atoms with Crippen LogP contribution in [0.15, 0.2) is 84.9 Å². The van der Waals surface area contributed by atoms with E-state index in [1.807, 2.05) is 78.9 Å². The molecule has 0 heterocycles. The molecule has 3 aromatic carbocycles. The lowest BCUT2D eigenvalue weighted by atomic mass is 10.0. The van der Waals surface area contributed by atoms with E-state index in [1.165, 1.54) is 6.08 Å². The van der Waals surface area contributed by atoms with E-state index in [9.17, 15) is 14.4 Å². The number of hydrogen-bond donors (Lipinski definition) is 2. The van der Waals surface area contributed by atoms with Crippen LogP contribution in [0.3, 0.4) is 0 Å². The first kappa shape index (κ1) is 39.5. The van der Waals surface area contributed by atoms with E-state index in [2.05, 4.69) is 10.6 Å². The van der Waals surface area contributed by atoms with Crippen molar-refractivity contribution in [3.8, 4) is 11.5 Å². The molecule has 44 heavy (non-hydrogen) atoms. The molecule has 3 aromatic rings. The first-order valence-corrected chi connectivity index (χ1v) is 13.8. The van der Waals surface area contributed by atoms with Crippen molar-refractivity contribution in [1.29, 1.82) is 0 Å². The maximum Gasteiger partial charge on any atom is 0.305 e. The molecule has 0 spiro atoms. The van der Waals surface area contributed by atoms with Crippen LogP contribution < -0.4 is 20.1 Å². The maximum absolute atomic E-state index is 13.2. The lowest BCUT2D eigenvalue weighted by Crippen LogP contribution is -2.48. The van der Waals surface area contributed by atoms with Gasteiger partial charge in [-0.05, 0) is 66.8 Å². The molecule has 0 saturated carbocycles. The largest absolute Gasteiger partial charge is 0.497 e. The van der Waals surface area contributed by atoms with Gasteiger partial charge in [0.05, 0.1) is 20.3 Å². The lowest BCUT2D eigenvalue weighted by Gasteiger charge is -2.18. The molecule has 0 saturated heterocycles. The van der Waals surface area contributed by atoms with Gasteiger partial charge in [-0.25, -0.2) is 0 Å². The predicted molar refractivity (Wildman–Crippen MR) is 180 cm³/mol. The van der Waals surface area contributed by atoms with Crippen LogP contribution in [0.2, 0.25) is 0 Å². The molecular formula is C35H48BN2O6. The average molecular weight is 605 g/mol. The quantitative estimate of drug-likeness (QED) is 0.0948. The first-order valence-electron chi connectivity index (χ1n) is 13.8. The Morgan fingerprint density at radius 1 is 0.886 bits per heavy atom. The predicted octanol–water partition coefficient (Wildman–Crippen LogP) is 5.65. The molecule has 3 rings (SSSR count). The molecular weight excluding hydrogens is 555 g/mol. The Balaban J connectivity index is 0. The molecule has 2 amide bonds. The number of carbonyl (C=O) groups is 3. The molecule has 0 aliphatic carbocycles. The zero-order valence-corrected chi connectivity index (χ0v) is 24.2. The van der Waals surface area contributed by atoms with Gasteiger partial charge in [0.2, 0.25) is 11.8 Å². The molecule has 9 heteroatoms. The van der Waals surface area contributed by atoms with Crippen molar-refractivity contribution < 1.29 is 30.0 Å². The minimum Gasteiger partial charge on any atom is -0.497 e. The van der Waals surface area contributed by atoms with Crippen molar-refractivity contribution >= 4 is 32.3 Å². The van der Waals surface area contributed by atoms with Gasteiger partial charge in [0, 0.05) is 35.3 Å². The highest BCUT2D eigenvalue weighted by atomic mass is 16.5. The van der Waals surface area contributed by atoms with Crippen molar-refractivity contribution in [2.75, 3.05) is 26.9 Å². The number of nitrogens with one attached hydrogen (secondary N) is 2. The Morgan fingerprint density at radius 2 is 1.52 bits per heavy atom. The smallest absolute Gasteiger partial charge is 0.305 e. The molecule has 0 unspecified atom stereocenters. The van der Waals surface area contributed by atoms with E-state index in [4.69, 9.17) is 14.2 Å². The fraction of sp³-hybridized carbons (Fsp3) is 0.343. The van der Waals surface area contributed by atoms with Crippen molar-refractivity contribution in [3.05, 3.63) is 102 Å². The number of esters is 1. The summed E-state index contributed by atoms with van der Waals surface area (Å²) in [4.78, 5) is 37.3. The summed E-state index contributed by atoms with van der Waals surface area (Å²) in [6.45, 7) is 2.96. The number of benzene rings is 3. The van der Waals surface area contributed by atoms with E-state index < -0.39 is 6.04 Å². The third kappa shape index (κ3) is 14.6. The Bertz CT molecular complexity index is 1270. The second kappa shape index (κ2) is 22.1. The van der Waals surface area contributed by atoms with Crippen LogP contribution in [-0.4, -0.2) is 59.1 Å². The Labute approximate surface area is 266 Å². The molecule has 0 aliphatic heterocycles. The zero-order valence-electron chi connectivity index (χ0n) is 24.2. The van der Waals surface area contributed by atoms with Crippen LogP contribution >= 0.6 is 0 Å². The molecule has 0 aliphatic rings. The van der Waals surface area contributed by atoms with Gasteiger partial charge in [0.25, 0.3) is 0 Å². The molecule has 0 aromatic heterocycles. The molecule has 0 fully saturated rings.